The van der Waals surface area contributed by atoms with Gasteiger partial charge in [0.05, 0.1) is 16.3 Å². The summed E-state index contributed by atoms with van der Waals surface area (Å²) < 4.78 is 12.2. The quantitative estimate of drug-likeness (QED) is 0.909. The van der Waals surface area contributed by atoms with Crippen LogP contribution in [0.15, 0.2) is 12.1 Å². The zero-order valence-electron chi connectivity index (χ0n) is 14.4. The van der Waals surface area contributed by atoms with E-state index >= 15 is 0 Å². The second-order valence-electron chi connectivity index (χ2n) is 6.60. The molecule has 7 heteroatoms. The molecule has 0 aliphatic carbocycles. The number of carbonyl (C=O) groups excluding carboxylic acids is 1. The van der Waals surface area contributed by atoms with Crippen LogP contribution in [0.1, 0.15) is 32.6 Å². The van der Waals surface area contributed by atoms with Crippen LogP contribution in [-0.4, -0.2) is 48.1 Å². The molecule has 2 aromatic rings. The van der Waals surface area contributed by atoms with E-state index < -0.39 is 0 Å². The summed E-state index contributed by atoms with van der Waals surface area (Å²) in [4.78, 5) is 19.4. The van der Waals surface area contributed by atoms with Gasteiger partial charge < -0.3 is 14.8 Å². The van der Waals surface area contributed by atoms with Gasteiger partial charge in [0.15, 0.2) is 16.6 Å². The molecular weight excluding hydrogens is 338 g/mol. The molecule has 0 bridgehead atoms. The van der Waals surface area contributed by atoms with Gasteiger partial charge in [-0.15, -0.1) is 0 Å². The average molecular weight is 361 g/mol. The van der Waals surface area contributed by atoms with E-state index in [1.165, 1.54) is 37.0 Å². The predicted molar refractivity (Wildman–Crippen MR) is 98.7 cm³/mol. The number of carbonyl (C=O) groups is 1. The van der Waals surface area contributed by atoms with Crippen molar-refractivity contribution in [3.05, 3.63) is 12.1 Å². The van der Waals surface area contributed by atoms with Crippen molar-refractivity contribution in [2.24, 2.45) is 0 Å². The third-order valence-corrected chi connectivity index (χ3v) is 5.78. The zero-order valence-corrected chi connectivity index (χ0v) is 15.2. The maximum Gasteiger partial charge on any atom is 0.243 e. The number of hydrogen-bond acceptors (Lipinski definition) is 6. The monoisotopic (exact) mass is 361 g/mol. The molecule has 2 aliphatic heterocycles. The fraction of sp³-hybridized carbons (Fsp3) is 0.556. The van der Waals surface area contributed by atoms with E-state index in [4.69, 9.17) is 9.47 Å². The van der Waals surface area contributed by atoms with Gasteiger partial charge in [-0.2, -0.15) is 0 Å². The molecule has 4 rings (SSSR count). The van der Waals surface area contributed by atoms with Gasteiger partial charge in [0.1, 0.15) is 13.2 Å². The largest absolute Gasteiger partial charge is 0.486 e. The number of nitrogens with one attached hydrogen (secondary N) is 1. The molecule has 0 saturated carbocycles. The minimum Gasteiger partial charge on any atom is -0.486 e. The highest BCUT2D eigenvalue weighted by Gasteiger charge is 2.23. The summed E-state index contributed by atoms with van der Waals surface area (Å²) in [7, 11) is 0. The van der Waals surface area contributed by atoms with E-state index in [9.17, 15) is 4.79 Å². The van der Waals surface area contributed by atoms with Crippen molar-refractivity contribution in [3.63, 3.8) is 0 Å². The first-order valence-electron chi connectivity index (χ1n) is 8.96. The van der Waals surface area contributed by atoms with Crippen molar-refractivity contribution in [1.82, 2.24) is 9.88 Å². The Hall–Kier alpha value is -1.86. The molecule has 3 heterocycles. The van der Waals surface area contributed by atoms with Crippen molar-refractivity contribution in [1.29, 1.82) is 0 Å². The fourth-order valence-electron chi connectivity index (χ4n) is 3.38. The molecule has 6 nitrogen and oxygen atoms in total. The van der Waals surface area contributed by atoms with E-state index in [0.717, 1.165) is 34.8 Å². The third kappa shape index (κ3) is 3.57. The lowest BCUT2D eigenvalue weighted by Crippen LogP contribution is -2.42. The summed E-state index contributed by atoms with van der Waals surface area (Å²) in [5.74, 6) is 1.48. The van der Waals surface area contributed by atoms with Gasteiger partial charge in [-0.05, 0) is 32.9 Å². The second-order valence-corrected chi connectivity index (χ2v) is 7.63. The van der Waals surface area contributed by atoms with Crippen LogP contribution in [0, 0.1) is 0 Å². The fourth-order valence-corrected chi connectivity index (χ4v) is 4.26. The SMILES string of the molecule is CC(C(=O)Nc1nc2cc3c(cc2s1)OCCO3)N1CCCCCC1. The van der Waals surface area contributed by atoms with E-state index in [0.29, 0.717) is 18.3 Å². The zero-order chi connectivity index (χ0) is 17.2. The number of hydrogen-bond donors (Lipinski definition) is 1. The highest BCUT2D eigenvalue weighted by atomic mass is 32.1. The minimum absolute atomic E-state index is 0.0122. The first-order chi connectivity index (χ1) is 12.2. The number of ether oxygens (including phenoxy) is 2. The molecular formula is C18H23N3O3S. The molecule has 0 spiro atoms. The molecule has 1 unspecified atom stereocenters. The number of benzene rings is 1. The van der Waals surface area contributed by atoms with Crippen LogP contribution in [0.2, 0.25) is 0 Å². The van der Waals surface area contributed by atoms with Crippen molar-refractivity contribution >= 4 is 32.6 Å². The van der Waals surface area contributed by atoms with Crippen LogP contribution in [-0.2, 0) is 4.79 Å². The lowest BCUT2D eigenvalue weighted by atomic mass is 10.2. The predicted octanol–water partition coefficient (Wildman–Crippen LogP) is 3.27. The smallest absolute Gasteiger partial charge is 0.243 e. The lowest BCUT2D eigenvalue weighted by Gasteiger charge is -2.26. The van der Waals surface area contributed by atoms with Crippen LogP contribution in [0.25, 0.3) is 10.2 Å². The topological polar surface area (TPSA) is 63.7 Å². The average Bonchev–Trinajstić information content (AvgIpc) is 2.83. The number of likely N-dealkylation sites (tertiary alicyclic amines) is 1. The molecule has 1 N–H and O–H groups in total. The first kappa shape index (κ1) is 16.6. The summed E-state index contributed by atoms with van der Waals surface area (Å²) in [6.07, 6.45) is 4.86. The maximum absolute atomic E-state index is 12.6. The molecule has 2 aliphatic rings. The molecule has 134 valence electrons. The second kappa shape index (κ2) is 7.17. The Morgan fingerprint density at radius 2 is 1.84 bits per heavy atom. The summed E-state index contributed by atoms with van der Waals surface area (Å²) in [5, 5.41) is 3.61. The summed E-state index contributed by atoms with van der Waals surface area (Å²) in [6.45, 7) is 5.09. The Kier molecular flexibility index (Phi) is 4.76. The summed E-state index contributed by atoms with van der Waals surface area (Å²) in [5.41, 5.74) is 0.826. The Morgan fingerprint density at radius 3 is 2.56 bits per heavy atom. The van der Waals surface area contributed by atoms with Gasteiger partial charge in [-0.1, -0.05) is 24.2 Å². The van der Waals surface area contributed by atoms with E-state index in [1.54, 1.807) is 0 Å². The maximum atomic E-state index is 12.6. The summed E-state index contributed by atoms with van der Waals surface area (Å²) in [6, 6.07) is 3.69. The summed E-state index contributed by atoms with van der Waals surface area (Å²) >= 11 is 1.47. The molecule has 1 fully saturated rings. The van der Waals surface area contributed by atoms with Crippen molar-refractivity contribution < 1.29 is 14.3 Å². The van der Waals surface area contributed by atoms with Gasteiger partial charge >= 0.3 is 0 Å². The first-order valence-corrected chi connectivity index (χ1v) is 9.77. The third-order valence-electron chi connectivity index (χ3n) is 4.85. The standard InChI is InChI=1S/C18H23N3O3S/c1-12(21-6-4-2-3-5-7-21)17(22)20-18-19-13-10-14-15(11-16(13)25-18)24-9-8-23-14/h10-12H,2-9H2,1H3,(H,19,20,22). The molecule has 25 heavy (non-hydrogen) atoms. The van der Waals surface area contributed by atoms with E-state index in [1.807, 2.05) is 19.1 Å². The lowest BCUT2D eigenvalue weighted by molar-refractivity contribution is -0.120. The molecule has 0 radical (unpaired) electrons. The molecule has 1 aromatic heterocycles. The molecule has 1 atom stereocenters. The molecule has 1 saturated heterocycles. The number of anilines is 1. The number of thiazole rings is 1. The Balaban J connectivity index is 1.48. The number of nitrogens with zero attached hydrogens (tertiary/aromatic N) is 2. The van der Waals surface area contributed by atoms with Crippen LogP contribution in [0.5, 0.6) is 11.5 Å². The van der Waals surface area contributed by atoms with Crippen LogP contribution in [0.3, 0.4) is 0 Å². The normalized spacial score (nSPS) is 19.4. The Labute approximate surface area is 151 Å². The number of fused-ring (bicyclic) bond motifs is 2. The van der Waals surface area contributed by atoms with Crippen molar-refractivity contribution in [2.45, 2.75) is 38.6 Å². The number of amides is 1. The van der Waals surface area contributed by atoms with Crippen LogP contribution < -0.4 is 14.8 Å². The minimum atomic E-state index is -0.134. The van der Waals surface area contributed by atoms with Gasteiger partial charge in [0, 0.05) is 12.1 Å². The molecule has 1 aromatic carbocycles. The van der Waals surface area contributed by atoms with Crippen molar-refractivity contribution in [3.8, 4) is 11.5 Å². The Bertz CT molecular complexity index is 725. The Morgan fingerprint density at radius 1 is 1.16 bits per heavy atom. The number of aromatic nitrogens is 1. The van der Waals surface area contributed by atoms with Gasteiger partial charge in [0.2, 0.25) is 5.91 Å². The van der Waals surface area contributed by atoms with Gasteiger partial charge in [-0.3, -0.25) is 9.69 Å². The van der Waals surface area contributed by atoms with Gasteiger partial charge in [-0.25, -0.2) is 4.98 Å². The highest BCUT2D eigenvalue weighted by Crippen LogP contribution is 2.37. The van der Waals surface area contributed by atoms with Gasteiger partial charge in [0.25, 0.3) is 0 Å². The number of rotatable bonds is 3. The van der Waals surface area contributed by atoms with Crippen LogP contribution >= 0.6 is 11.3 Å². The molecule has 1 amide bonds. The van der Waals surface area contributed by atoms with Crippen LogP contribution in [0.4, 0.5) is 5.13 Å². The van der Waals surface area contributed by atoms with E-state index in [2.05, 4.69) is 15.2 Å². The van der Waals surface area contributed by atoms with E-state index in [-0.39, 0.29) is 11.9 Å². The highest BCUT2D eigenvalue weighted by molar-refractivity contribution is 7.22. The van der Waals surface area contributed by atoms with Crippen molar-refractivity contribution in [2.75, 3.05) is 31.6 Å².